The van der Waals surface area contributed by atoms with Gasteiger partial charge in [-0.2, -0.15) is 0 Å². The first-order valence-electron chi connectivity index (χ1n) is 9.34. The second-order valence-corrected chi connectivity index (χ2v) is 8.40. The third kappa shape index (κ3) is 3.13. The van der Waals surface area contributed by atoms with Crippen LogP contribution in [0.2, 0.25) is 0 Å². The first-order valence-corrected chi connectivity index (χ1v) is 10.1. The number of hydrogen-bond donors (Lipinski definition) is 1. The Kier molecular flexibility index (Phi) is 4.91. The molecule has 2 aliphatic rings. The van der Waals surface area contributed by atoms with Crippen LogP contribution in [0.25, 0.3) is 0 Å². The summed E-state index contributed by atoms with van der Waals surface area (Å²) >= 11 is 3.44. The van der Waals surface area contributed by atoms with E-state index in [4.69, 9.17) is 0 Å². The normalized spacial score (nSPS) is 28.1. The van der Waals surface area contributed by atoms with Gasteiger partial charge in [0.05, 0.1) is 0 Å². The molecule has 5 heteroatoms. The number of hydrogen-bond acceptors (Lipinski definition) is 3. The molecule has 1 N–H and O–H groups in total. The maximum Gasteiger partial charge on any atom is 0.239 e. The van der Waals surface area contributed by atoms with Gasteiger partial charge in [0.2, 0.25) is 5.91 Å². The Hall–Kier alpha value is -1.98. The predicted octanol–water partition coefficient (Wildman–Crippen LogP) is 4.02. The van der Waals surface area contributed by atoms with E-state index in [1.165, 1.54) is 4.90 Å². The molecule has 3 atom stereocenters. The van der Waals surface area contributed by atoms with Crippen molar-refractivity contribution in [3.05, 3.63) is 70.2 Å². The van der Waals surface area contributed by atoms with Crippen LogP contribution in [0.3, 0.4) is 0 Å². The standard InChI is InChI=1S/C22H22BrNO3/c23-17-10-8-16(9-11-17)18-13-20(26)24(14-15-5-2-1-3-6-15)21(27)22(18)12-4-7-19(22)25/h1-3,5-6,8-11,18,20,26H,4,7,12-14H2/t18-,20-,22+/m1/s1. The Labute approximate surface area is 167 Å². The molecule has 0 bridgehead atoms. The fourth-order valence-electron chi connectivity index (χ4n) is 4.64. The molecule has 2 aromatic rings. The fourth-order valence-corrected chi connectivity index (χ4v) is 4.90. The number of Topliss-reactive ketones (excluding diaryl/α,β-unsaturated/α-hetero) is 1. The Morgan fingerprint density at radius 1 is 1.07 bits per heavy atom. The number of benzene rings is 2. The summed E-state index contributed by atoms with van der Waals surface area (Å²) in [5.41, 5.74) is 0.856. The maximum atomic E-state index is 13.6. The van der Waals surface area contributed by atoms with E-state index in [-0.39, 0.29) is 17.6 Å². The lowest BCUT2D eigenvalue weighted by Crippen LogP contribution is -2.58. The number of ketones is 1. The molecular formula is C22H22BrNO3. The third-order valence-corrected chi connectivity index (χ3v) is 6.51. The zero-order valence-electron chi connectivity index (χ0n) is 15.0. The van der Waals surface area contributed by atoms with Gasteiger partial charge in [-0.25, -0.2) is 0 Å². The highest BCUT2D eigenvalue weighted by Gasteiger charge is 2.59. The zero-order valence-corrected chi connectivity index (χ0v) is 16.6. The van der Waals surface area contributed by atoms with E-state index >= 15 is 0 Å². The fraction of sp³-hybridized carbons (Fsp3) is 0.364. The van der Waals surface area contributed by atoms with Crippen LogP contribution in [0, 0.1) is 5.41 Å². The van der Waals surface area contributed by atoms with Gasteiger partial charge in [0.1, 0.15) is 17.4 Å². The van der Waals surface area contributed by atoms with Crippen LogP contribution in [0.5, 0.6) is 0 Å². The molecule has 0 aromatic heterocycles. The lowest BCUT2D eigenvalue weighted by atomic mass is 9.65. The molecule has 2 fully saturated rings. The van der Waals surface area contributed by atoms with Crippen molar-refractivity contribution in [2.75, 3.05) is 0 Å². The second kappa shape index (κ2) is 7.21. The number of rotatable bonds is 3. The largest absolute Gasteiger partial charge is 0.373 e. The number of carbonyl (C=O) groups excluding carboxylic acids is 2. The number of nitrogens with zero attached hydrogens (tertiary/aromatic N) is 1. The molecule has 0 radical (unpaired) electrons. The smallest absolute Gasteiger partial charge is 0.239 e. The van der Waals surface area contributed by atoms with Crippen molar-refractivity contribution in [3.8, 4) is 0 Å². The number of carbonyl (C=O) groups is 2. The highest BCUT2D eigenvalue weighted by Crippen LogP contribution is 2.53. The topological polar surface area (TPSA) is 57.6 Å². The van der Waals surface area contributed by atoms with Gasteiger partial charge in [0.15, 0.2) is 0 Å². The Morgan fingerprint density at radius 2 is 1.78 bits per heavy atom. The molecule has 140 valence electrons. The van der Waals surface area contributed by atoms with Crippen molar-refractivity contribution in [3.63, 3.8) is 0 Å². The van der Waals surface area contributed by atoms with Crippen LogP contribution in [0.1, 0.15) is 42.7 Å². The van der Waals surface area contributed by atoms with Crippen LogP contribution in [0.15, 0.2) is 59.1 Å². The summed E-state index contributed by atoms with van der Waals surface area (Å²) in [6.07, 6.45) is 1.21. The van der Waals surface area contributed by atoms with Crippen LogP contribution >= 0.6 is 15.9 Å². The number of amides is 1. The predicted molar refractivity (Wildman–Crippen MR) is 106 cm³/mol. The molecule has 1 amide bonds. The van der Waals surface area contributed by atoms with Crippen molar-refractivity contribution < 1.29 is 14.7 Å². The van der Waals surface area contributed by atoms with E-state index < -0.39 is 11.6 Å². The summed E-state index contributed by atoms with van der Waals surface area (Å²) in [4.78, 5) is 28.0. The lowest BCUT2D eigenvalue weighted by Gasteiger charge is -2.47. The first-order chi connectivity index (χ1) is 13.0. The average molecular weight is 428 g/mol. The summed E-state index contributed by atoms with van der Waals surface area (Å²) in [6, 6.07) is 17.4. The van der Waals surface area contributed by atoms with Crippen LogP contribution in [0.4, 0.5) is 0 Å². The van der Waals surface area contributed by atoms with E-state index in [0.29, 0.717) is 25.8 Å². The van der Waals surface area contributed by atoms with Gasteiger partial charge in [0.25, 0.3) is 0 Å². The van der Waals surface area contributed by atoms with E-state index in [0.717, 1.165) is 22.0 Å². The molecular weight excluding hydrogens is 406 g/mol. The highest BCUT2D eigenvalue weighted by atomic mass is 79.9. The molecule has 2 aromatic carbocycles. The lowest BCUT2D eigenvalue weighted by molar-refractivity contribution is -0.169. The summed E-state index contributed by atoms with van der Waals surface area (Å²) in [5, 5.41) is 10.8. The Balaban J connectivity index is 1.72. The summed E-state index contributed by atoms with van der Waals surface area (Å²) in [6.45, 7) is 0.322. The molecule has 1 aliphatic heterocycles. The van der Waals surface area contributed by atoms with Crippen molar-refractivity contribution in [1.29, 1.82) is 0 Å². The van der Waals surface area contributed by atoms with E-state index in [9.17, 15) is 14.7 Å². The molecule has 27 heavy (non-hydrogen) atoms. The molecule has 1 spiro atoms. The van der Waals surface area contributed by atoms with Gasteiger partial charge in [-0.15, -0.1) is 0 Å². The zero-order chi connectivity index (χ0) is 19.0. The minimum atomic E-state index is -1.04. The second-order valence-electron chi connectivity index (χ2n) is 7.49. The van der Waals surface area contributed by atoms with Crippen molar-refractivity contribution >= 4 is 27.6 Å². The summed E-state index contributed by atoms with van der Waals surface area (Å²) < 4.78 is 0.950. The van der Waals surface area contributed by atoms with Crippen LogP contribution < -0.4 is 0 Å². The summed E-state index contributed by atoms with van der Waals surface area (Å²) in [7, 11) is 0. The van der Waals surface area contributed by atoms with Crippen LogP contribution in [-0.4, -0.2) is 27.9 Å². The van der Waals surface area contributed by atoms with Gasteiger partial charge in [-0.1, -0.05) is 58.4 Å². The number of aliphatic hydroxyl groups excluding tert-OH is 1. The maximum absolute atomic E-state index is 13.6. The minimum Gasteiger partial charge on any atom is -0.373 e. The molecule has 1 saturated carbocycles. The Bertz CT molecular complexity index is 852. The summed E-state index contributed by atoms with van der Waals surface area (Å²) in [5.74, 6) is -0.485. The van der Waals surface area contributed by atoms with Crippen molar-refractivity contribution in [2.45, 2.75) is 44.4 Å². The molecule has 4 nitrogen and oxygen atoms in total. The van der Waals surface area contributed by atoms with Crippen molar-refractivity contribution in [1.82, 2.24) is 4.90 Å². The van der Waals surface area contributed by atoms with E-state index in [1.54, 1.807) is 0 Å². The third-order valence-electron chi connectivity index (χ3n) is 5.98. The average Bonchev–Trinajstić information content (AvgIpc) is 3.06. The SMILES string of the molecule is O=C1CCC[C@@]12C(=O)N(Cc1ccccc1)[C@H](O)C[C@@H]2c1ccc(Br)cc1. The van der Waals surface area contributed by atoms with E-state index in [1.807, 2.05) is 54.6 Å². The van der Waals surface area contributed by atoms with E-state index in [2.05, 4.69) is 15.9 Å². The quantitative estimate of drug-likeness (QED) is 0.752. The molecule has 1 saturated heterocycles. The van der Waals surface area contributed by atoms with Crippen molar-refractivity contribution in [2.24, 2.45) is 5.41 Å². The molecule has 0 unspecified atom stereocenters. The minimum absolute atomic E-state index is 0.0189. The van der Waals surface area contributed by atoms with Gasteiger partial charge < -0.3 is 10.0 Å². The number of aliphatic hydroxyl groups is 1. The number of piperidine rings is 1. The molecule has 1 aliphatic carbocycles. The van der Waals surface area contributed by atoms with Gasteiger partial charge in [-0.05, 0) is 36.1 Å². The van der Waals surface area contributed by atoms with Crippen LogP contribution in [-0.2, 0) is 16.1 Å². The first kappa shape index (κ1) is 18.4. The Morgan fingerprint density at radius 3 is 2.41 bits per heavy atom. The van der Waals surface area contributed by atoms with Gasteiger partial charge >= 0.3 is 0 Å². The van der Waals surface area contributed by atoms with Gasteiger partial charge in [-0.3, -0.25) is 9.59 Å². The molecule has 4 rings (SSSR count). The molecule has 1 heterocycles. The monoisotopic (exact) mass is 427 g/mol. The highest BCUT2D eigenvalue weighted by molar-refractivity contribution is 9.10. The number of likely N-dealkylation sites (tertiary alicyclic amines) is 1. The van der Waals surface area contributed by atoms with Gasteiger partial charge in [0, 0.05) is 29.8 Å². The number of halogens is 1.